The zero-order valence-electron chi connectivity index (χ0n) is 13.4. The SMILES string of the molecule is Cc1ccc(-n2nnc(C(=O)Nc3ccccc3C)c2C)cc1. The Kier molecular flexibility index (Phi) is 3.93. The second kappa shape index (κ2) is 6.04. The van der Waals surface area contributed by atoms with Crippen LogP contribution in [0.25, 0.3) is 5.69 Å². The molecule has 3 aromatic rings. The molecule has 0 saturated heterocycles. The van der Waals surface area contributed by atoms with Gasteiger partial charge < -0.3 is 5.32 Å². The van der Waals surface area contributed by atoms with Gasteiger partial charge in [0, 0.05) is 5.69 Å². The van der Waals surface area contributed by atoms with Crippen molar-refractivity contribution in [2.75, 3.05) is 5.32 Å². The van der Waals surface area contributed by atoms with Crippen molar-refractivity contribution in [3.63, 3.8) is 0 Å². The van der Waals surface area contributed by atoms with Gasteiger partial charge in [-0.15, -0.1) is 5.10 Å². The van der Waals surface area contributed by atoms with Crippen LogP contribution in [0, 0.1) is 20.8 Å². The fourth-order valence-corrected chi connectivity index (χ4v) is 2.36. The third-order valence-electron chi connectivity index (χ3n) is 3.78. The number of benzene rings is 2. The third-order valence-corrected chi connectivity index (χ3v) is 3.78. The Labute approximate surface area is 135 Å². The van der Waals surface area contributed by atoms with Crippen molar-refractivity contribution >= 4 is 11.6 Å². The first kappa shape index (κ1) is 15.0. The van der Waals surface area contributed by atoms with E-state index in [1.165, 1.54) is 5.56 Å². The number of nitrogens with zero attached hydrogens (tertiary/aromatic N) is 3. The Morgan fingerprint density at radius 2 is 1.70 bits per heavy atom. The van der Waals surface area contributed by atoms with Crippen LogP contribution in [0.5, 0.6) is 0 Å². The largest absolute Gasteiger partial charge is 0.320 e. The smallest absolute Gasteiger partial charge is 0.278 e. The van der Waals surface area contributed by atoms with E-state index in [1.54, 1.807) is 4.68 Å². The molecule has 5 nitrogen and oxygen atoms in total. The van der Waals surface area contributed by atoms with Crippen LogP contribution in [0.2, 0.25) is 0 Å². The Bertz CT molecular complexity index is 850. The van der Waals surface area contributed by atoms with Crippen LogP contribution in [0.4, 0.5) is 5.69 Å². The predicted octanol–water partition coefficient (Wildman–Crippen LogP) is 3.44. The van der Waals surface area contributed by atoms with Crippen LogP contribution >= 0.6 is 0 Å². The normalized spacial score (nSPS) is 10.6. The molecule has 1 amide bonds. The van der Waals surface area contributed by atoms with Gasteiger partial charge in [-0.1, -0.05) is 41.1 Å². The molecule has 23 heavy (non-hydrogen) atoms. The number of hydrogen-bond donors (Lipinski definition) is 1. The predicted molar refractivity (Wildman–Crippen MR) is 90.0 cm³/mol. The van der Waals surface area contributed by atoms with Crippen LogP contribution in [-0.2, 0) is 0 Å². The fraction of sp³-hybridized carbons (Fsp3) is 0.167. The van der Waals surface area contributed by atoms with E-state index in [1.807, 2.05) is 69.3 Å². The van der Waals surface area contributed by atoms with Crippen molar-refractivity contribution in [1.82, 2.24) is 15.0 Å². The van der Waals surface area contributed by atoms with Gasteiger partial charge in [-0.25, -0.2) is 4.68 Å². The van der Waals surface area contributed by atoms with E-state index in [0.717, 1.165) is 16.9 Å². The van der Waals surface area contributed by atoms with Crippen LogP contribution in [0.15, 0.2) is 48.5 Å². The monoisotopic (exact) mass is 306 g/mol. The van der Waals surface area contributed by atoms with E-state index < -0.39 is 0 Å². The molecule has 0 saturated carbocycles. The number of hydrogen-bond acceptors (Lipinski definition) is 3. The van der Waals surface area contributed by atoms with Gasteiger partial charge in [0.1, 0.15) is 0 Å². The highest BCUT2D eigenvalue weighted by atomic mass is 16.2. The van der Waals surface area contributed by atoms with Gasteiger partial charge in [0.25, 0.3) is 5.91 Å². The number of aryl methyl sites for hydroxylation is 2. The lowest BCUT2D eigenvalue weighted by Crippen LogP contribution is -2.15. The molecule has 116 valence electrons. The summed E-state index contributed by atoms with van der Waals surface area (Å²) in [7, 11) is 0. The molecule has 2 aromatic carbocycles. The molecular formula is C18H18N4O. The van der Waals surface area contributed by atoms with Crippen LogP contribution in [-0.4, -0.2) is 20.9 Å². The maximum absolute atomic E-state index is 12.5. The zero-order chi connectivity index (χ0) is 16.4. The zero-order valence-corrected chi connectivity index (χ0v) is 13.4. The van der Waals surface area contributed by atoms with E-state index in [0.29, 0.717) is 11.4 Å². The molecule has 0 atom stereocenters. The second-order valence-electron chi connectivity index (χ2n) is 5.54. The lowest BCUT2D eigenvalue weighted by molar-refractivity contribution is 0.102. The topological polar surface area (TPSA) is 59.8 Å². The number of rotatable bonds is 3. The molecule has 1 heterocycles. The minimum Gasteiger partial charge on any atom is -0.320 e. The minimum atomic E-state index is -0.254. The molecule has 0 fully saturated rings. The Balaban J connectivity index is 1.88. The summed E-state index contributed by atoms with van der Waals surface area (Å²) in [4.78, 5) is 12.5. The van der Waals surface area contributed by atoms with Gasteiger partial charge in [-0.05, 0) is 44.5 Å². The van der Waals surface area contributed by atoms with Crippen LogP contribution < -0.4 is 5.32 Å². The molecule has 0 unspecified atom stereocenters. The highest BCUT2D eigenvalue weighted by Gasteiger charge is 2.17. The van der Waals surface area contributed by atoms with Crippen molar-refractivity contribution in [3.8, 4) is 5.69 Å². The van der Waals surface area contributed by atoms with Crippen molar-refractivity contribution < 1.29 is 4.79 Å². The summed E-state index contributed by atoms with van der Waals surface area (Å²) in [5.41, 5.74) is 4.87. The third kappa shape index (κ3) is 2.99. The molecule has 0 aliphatic rings. The lowest BCUT2D eigenvalue weighted by atomic mass is 10.2. The molecular weight excluding hydrogens is 288 g/mol. The Morgan fingerprint density at radius 3 is 2.39 bits per heavy atom. The summed E-state index contributed by atoms with van der Waals surface area (Å²) in [5.74, 6) is -0.254. The number of nitrogens with one attached hydrogen (secondary N) is 1. The number of anilines is 1. The molecule has 5 heteroatoms. The maximum atomic E-state index is 12.5. The van der Waals surface area contributed by atoms with Gasteiger partial charge in [0.2, 0.25) is 0 Å². The first-order valence-electron chi connectivity index (χ1n) is 7.42. The number of carbonyl (C=O) groups excluding carboxylic acids is 1. The van der Waals surface area contributed by atoms with Gasteiger partial charge >= 0.3 is 0 Å². The van der Waals surface area contributed by atoms with Gasteiger partial charge in [0.15, 0.2) is 5.69 Å². The molecule has 0 radical (unpaired) electrons. The second-order valence-corrected chi connectivity index (χ2v) is 5.54. The highest BCUT2D eigenvalue weighted by molar-refractivity contribution is 6.03. The lowest BCUT2D eigenvalue weighted by Gasteiger charge is -2.07. The first-order chi connectivity index (χ1) is 11.1. The van der Waals surface area contributed by atoms with Crippen LogP contribution in [0.3, 0.4) is 0 Å². The molecule has 0 aliphatic heterocycles. The average molecular weight is 306 g/mol. The van der Waals surface area contributed by atoms with Gasteiger partial charge in [-0.3, -0.25) is 4.79 Å². The van der Waals surface area contributed by atoms with Crippen molar-refractivity contribution in [3.05, 3.63) is 71.0 Å². The minimum absolute atomic E-state index is 0.254. The van der Waals surface area contributed by atoms with Crippen molar-refractivity contribution in [1.29, 1.82) is 0 Å². The summed E-state index contributed by atoms with van der Waals surface area (Å²) < 4.78 is 1.67. The molecule has 3 rings (SSSR count). The summed E-state index contributed by atoms with van der Waals surface area (Å²) in [6.07, 6.45) is 0. The number of aromatic nitrogens is 3. The van der Waals surface area contributed by atoms with Gasteiger partial charge in [0.05, 0.1) is 11.4 Å². The van der Waals surface area contributed by atoms with E-state index >= 15 is 0 Å². The average Bonchev–Trinajstić information content (AvgIpc) is 2.92. The first-order valence-corrected chi connectivity index (χ1v) is 7.42. The Hall–Kier alpha value is -2.95. The standard InChI is InChI=1S/C18H18N4O/c1-12-8-10-15(11-9-12)22-14(3)17(20-21-22)18(23)19-16-7-5-4-6-13(16)2/h4-11H,1-3H3,(H,19,23). The quantitative estimate of drug-likeness (QED) is 0.806. The molecule has 0 bridgehead atoms. The van der Waals surface area contributed by atoms with Crippen molar-refractivity contribution in [2.24, 2.45) is 0 Å². The summed E-state index contributed by atoms with van der Waals surface area (Å²) >= 11 is 0. The van der Waals surface area contributed by atoms with E-state index in [2.05, 4.69) is 15.6 Å². The number of amides is 1. The van der Waals surface area contributed by atoms with Crippen LogP contribution in [0.1, 0.15) is 27.3 Å². The molecule has 0 aliphatic carbocycles. The van der Waals surface area contributed by atoms with Gasteiger partial charge in [-0.2, -0.15) is 0 Å². The summed E-state index contributed by atoms with van der Waals surface area (Å²) in [6, 6.07) is 15.6. The van der Waals surface area contributed by atoms with E-state index in [9.17, 15) is 4.79 Å². The highest BCUT2D eigenvalue weighted by Crippen LogP contribution is 2.17. The summed E-state index contributed by atoms with van der Waals surface area (Å²) in [5, 5.41) is 11.0. The molecule has 0 spiro atoms. The van der Waals surface area contributed by atoms with E-state index in [4.69, 9.17) is 0 Å². The van der Waals surface area contributed by atoms with Crippen molar-refractivity contribution in [2.45, 2.75) is 20.8 Å². The Morgan fingerprint density at radius 1 is 1.00 bits per heavy atom. The summed E-state index contributed by atoms with van der Waals surface area (Å²) in [6.45, 7) is 5.82. The number of carbonyl (C=O) groups is 1. The molecule has 1 aromatic heterocycles. The van der Waals surface area contributed by atoms with E-state index in [-0.39, 0.29) is 5.91 Å². The number of para-hydroxylation sites is 1. The maximum Gasteiger partial charge on any atom is 0.278 e. The molecule has 1 N–H and O–H groups in total. The fourth-order valence-electron chi connectivity index (χ4n) is 2.36.